The number of nitrogens with one attached hydrogen (secondary N) is 1. The van der Waals surface area contributed by atoms with Crippen LogP contribution in [0.15, 0.2) is 42.7 Å². The molecule has 1 amide bonds. The number of carbonyl (C=O) groups is 1. The number of rotatable bonds is 5. The van der Waals surface area contributed by atoms with Gasteiger partial charge in [-0.15, -0.1) is 0 Å². The van der Waals surface area contributed by atoms with Crippen molar-refractivity contribution in [2.75, 3.05) is 44.7 Å². The molecule has 2 saturated heterocycles. The molecule has 0 bridgehead atoms. The Balaban J connectivity index is 1.27. The summed E-state index contributed by atoms with van der Waals surface area (Å²) < 4.78 is 5.44. The van der Waals surface area contributed by atoms with E-state index >= 15 is 0 Å². The van der Waals surface area contributed by atoms with E-state index in [2.05, 4.69) is 20.2 Å². The van der Waals surface area contributed by atoms with Crippen LogP contribution in [0.1, 0.15) is 28.9 Å². The number of hydrogen-bond acceptors (Lipinski definition) is 6. The number of ether oxygens (including phenoxy) is 1. The highest BCUT2D eigenvalue weighted by molar-refractivity contribution is 5.94. The zero-order valence-electron chi connectivity index (χ0n) is 16.1. The number of nitrogens with zero attached hydrogens (tertiary/aromatic N) is 4. The molecule has 2 aromatic rings. The van der Waals surface area contributed by atoms with Crippen molar-refractivity contribution in [1.82, 2.24) is 19.8 Å². The average molecular weight is 381 g/mol. The maximum absolute atomic E-state index is 12.8. The fourth-order valence-electron chi connectivity index (χ4n) is 3.87. The molecule has 0 aromatic carbocycles. The van der Waals surface area contributed by atoms with Crippen molar-refractivity contribution in [3.8, 4) is 0 Å². The summed E-state index contributed by atoms with van der Waals surface area (Å²) in [5.41, 5.74) is 1.60. The lowest BCUT2D eigenvalue weighted by Crippen LogP contribution is -2.50. The number of pyridine rings is 2. The molecule has 2 aliphatic rings. The third-order valence-electron chi connectivity index (χ3n) is 5.50. The van der Waals surface area contributed by atoms with Gasteiger partial charge in [-0.1, -0.05) is 6.07 Å². The van der Waals surface area contributed by atoms with Crippen LogP contribution in [-0.4, -0.2) is 71.1 Å². The number of anilines is 1. The molecule has 0 atom stereocenters. The van der Waals surface area contributed by atoms with Crippen molar-refractivity contribution in [3.05, 3.63) is 54.0 Å². The van der Waals surface area contributed by atoms with Crippen molar-refractivity contribution >= 4 is 11.7 Å². The van der Waals surface area contributed by atoms with Gasteiger partial charge in [-0.3, -0.25) is 14.7 Å². The maximum Gasteiger partial charge on any atom is 0.255 e. The Kier molecular flexibility index (Phi) is 6.14. The lowest BCUT2D eigenvalue weighted by atomic mass is 10.0. The molecule has 2 fully saturated rings. The number of likely N-dealkylation sites (tertiary alicyclic amines) is 1. The van der Waals surface area contributed by atoms with Crippen molar-refractivity contribution in [2.45, 2.75) is 25.4 Å². The van der Waals surface area contributed by atoms with E-state index in [1.165, 1.54) is 0 Å². The minimum atomic E-state index is 0.0733. The lowest BCUT2D eigenvalue weighted by Gasteiger charge is -2.40. The van der Waals surface area contributed by atoms with Crippen LogP contribution >= 0.6 is 0 Å². The molecule has 0 saturated carbocycles. The predicted molar refractivity (Wildman–Crippen MR) is 107 cm³/mol. The number of amides is 1. The molecule has 0 radical (unpaired) electrons. The molecular weight excluding hydrogens is 354 g/mol. The Morgan fingerprint density at radius 3 is 2.57 bits per heavy atom. The number of carbonyl (C=O) groups excluding carboxylic acids is 1. The number of morpholine rings is 1. The lowest BCUT2D eigenvalue weighted by molar-refractivity contribution is 0.00158. The highest BCUT2D eigenvalue weighted by Crippen LogP contribution is 2.19. The number of aromatic nitrogens is 2. The standard InChI is InChI=1S/C21H27N5O2/c27-21(26-9-6-19(7-10-26)25-11-13-28-14-12-25)17-4-5-20(23-15-17)24-16-18-3-1-2-8-22-18/h1-5,8,15,19H,6-7,9-14,16H2,(H,23,24). The van der Waals surface area contributed by atoms with E-state index < -0.39 is 0 Å². The first-order valence-electron chi connectivity index (χ1n) is 10.0. The molecule has 0 aliphatic carbocycles. The fourth-order valence-corrected chi connectivity index (χ4v) is 3.87. The Labute approximate surface area is 165 Å². The first kappa shape index (κ1) is 18.8. The maximum atomic E-state index is 12.8. The molecule has 2 aliphatic heterocycles. The highest BCUT2D eigenvalue weighted by atomic mass is 16.5. The van der Waals surface area contributed by atoms with E-state index in [1.54, 1.807) is 12.4 Å². The van der Waals surface area contributed by atoms with Crippen LogP contribution in [0.3, 0.4) is 0 Å². The van der Waals surface area contributed by atoms with Crippen LogP contribution in [0.2, 0.25) is 0 Å². The van der Waals surface area contributed by atoms with Crippen LogP contribution in [0.25, 0.3) is 0 Å². The Bertz CT molecular complexity index is 754. The average Bonchev–Trinajstić information content (AvgIpc) is 2.79. The number of piperidine rings is 1. The van der Waals surface area contributed by atoms with E-state index in [4.69, 9.17) is 4.74 Å². The van der Waals surface area contributed by atoms with E-state index in [0.717, 1.165) is 63.7 Å². The summed E-state index contributed by atoms with van der Waals surface area (Å²) in [5, 5.41) is 3.23. The smallest absolute Gasteiger partial charge is 0.255 e. The minimum absolute atomic E-state index is 0.0733. The summed E-state index contributed by atoms with van der Waals surface area (Å²) >= 11 is 0. The summed E-state index contributed by atoms with van der Waals surface area (Å²) in [6, 6.07) is 10.1. The fraction of sp³-hybridized carbons (Fsp3) is 0.476. The van der Waals surface area contributed by atoms with Crippen LogP contribution in [-0.2, 0) is 11.3 Å². The van der Waals surface area contributed by atoms with Gasteiger partial charge in [0.2, 0.25) is 0 Å². The first-order valence-corrected chi connectivity index (χ1v) is 10.0. The van der Waals surface area contributed by atoms with Gasteiger partial charge in [0, 0.05) is 44.6 Å². The minimum Gasteiger partial charge on any atom is -0.379 e. The van der Waals surface area contributed by atoms with Crippen molar-refractivity contribution in [2.24, 2.45) is 0 Å². The van der Waals surface area contributed by atoms with E-state index in [1.807, 2.05) is 35.2 Å². The summed E-state index contributed by atoms with van der Waals surface area (Å²) in [6.45, 7) is 5.89. The molecule has 7 nitrogen and oxygen atoms in total. The van der Waals surface area contributed by atoms with Gasteiger partial charge >= 0.3 is 0 Å². The monoisotopic (exact) mass is 381 g/mol. The van der Waals surface area contributed by atoms with Crippen molar-refractivity contribution < 1.29 is 9.53 Å². The van der Waals surface area contributed by atoms with E-state index in [-0.39, 0.29) is 5.91 Å². The van der Waals surface area contributed by atoms with Gasteiger partial charge in [0.25, 0.3) is 5.91 Å². The first-order chi connectivity index (χ1) is 13.8. The molecule has 1 N–H and O–H groups in total. The molecule has 2 aromatic heterocycles. The number of hydrogen-bond donors (Lipinski definition) is 1. The van der Waals surface area contributed by atoms with Gasteiger partial charge < -0.3 is 15.0 Å². The molecule has 4 rings (SSSR count). The summed E-state index contributed by atoms with van der Waals surface area (Å²) in [6.07, 6.45) is 5.50. The van der Waals surface area contributed by atoms with Crippen LogP contribution in [0.4, 0.5) is 5.82 Å². The van der Waals surface area contributed by atoms with Gasteiger partial charge in [0.15, 0.2) is 0 Å². The highest BCUT2D eigenvalue weighted by Gasteiger charge is 2.28. The second-order valence-corrected chi connectivity index (χ2v) is 7.28. The largest absolute Gasteiger partial charge is 0.379 e. The van der Waals surface area contributed by atoms with Crippen LogP contribution in [0.5, 0.6) is 0 Å². The third-order valence-corrected chi connectivity index (χ3v) is 5.50. The van der Waals surface area contributed by atoms with Crippen molar-refractivity contribution in [3.63, 3.8) is 0 Å². The van der Waals surface area contributed by atoms with Gasteiger partial charge in [-0.25, -0.2) is 4.98 Å². The van der Waals surface area contributed by atoms with Gasteiger partial charge in [0.1, 0.15) is 5.82 Å². The zero-order valence-corrected chi connectivity index (χ0v) is 16.1. The summed E-state index contributed by atoms with van der Waals surface area (Å²) in [4.78, 5) is 25.9. The Hall–Kier alpha value is -2.51. The predicted octanol–water partition coefficient (Wildman–Crippen LogP) is 2.03. The second-order valence-electron chi connectivity index (χ2n) is 7.28. The SMILES string of the molecule is O=C(c1ccc(NCc2ccccn2)nc1)N1CCC(N2CCOCC2)CC1. The van der Waals surface area contributed by atoms with Gasteiger partial charge in [-0.05, 0) is 37.1 Å². The van der Waals surface area contributed by atoms with Crippen molar-refractivity contribution in [1.29, 1.82) is 0 Å². The third kappa shape index (κ3) is 4.66. The molecular formula is C21H27N5O2. The molecule has 148 valence electrons. The molecule has 0 unspecified atom stereocenters. The normalized spacial score (nSPS) is 18.8. The van der Waals surface area contributed by atoms with E-state index in [0.29, 0.717) is 18.2 Å². The molecule has 4 heterocycles. The quantitative estimate of drug-likeness (QED) is 0.855. The Morgan fingerprint density at radius 1 is 1.07 bits per heavy atom. The second kappa shape index (κ2) is 9.12. The summed E-state index contributed by atoms with van der Waals surface area (Å²) in [7, 11) is 0. The van der Waals surface area contributed by atoms with E-state index in [9.17, 15) is 4.79 Å². The van der Waals surface area contributed by atoms with Gasteiger partial charge in [0.05, 0.1) is 31.0 Å². The topological polar surface area (TPSA) is 70.6 Å². The van der Waals surface area contributed by atoms with Gasteiger partial charge in [-0.2, -0.15) is 0 Å². The molecule has 7 heteroatoms. The van der Waals surface area contributed by atoms with Crippen LogP contribution in [0, 0.1) is 0 Å². The Morgan fingerprint density at radius 2 is 1.89 bits per heavy atom. The van der Waals surface area contributed by atoms with Crippen LogP contribution < -0.4 is 5.32 Å². The summed E-state index contributed by atoms with van der Waals surface area (Å²) in [5.74, 6) is 0.817. The zero-order chi connectivity index (χ0) is 19.2. The molecule has 28 heavy (non-hydrogen) atoms. The molecule has 0 spiro atoms.